The van der Waals surface area contributed by atoms with Gasteiger partial charge in [0.25, 0.3) is 0 Å². The molecule has 1 aromatic carbocycles. The van der Waals surface area contributed by atoms with Gasteiger partial charge in [-0.25, -0.2) is 18.7 Å². The number of hydrogen-bond acceptors (Lipinski definition) is 8. The van der Waals surface area contributed by atoms with Gasteiger partial charge in [0.2, 0.25) is 0 Å². The van der Waals surface area contributed by atoms with Gasteiger partial charge in [0.05, 0.1) is 11.1 Å². The van der Waals surface area contributed by atoms with Crippen molar-refractivity contribution in [3.8, 4) is 0 Å². The van der Waals surface area contributed by atoms with E-state index in [9.17, 15) is 18.7 Å². The van der Waals surface area contributed by atoms with Gasteiger partial charge in [0.15, 0.2) is 0 Å². The predicted octanol–water partition coefficient (Wildman–Crippen LogP) is 1.49. The Balaban J connectivity index is 2.95. The molecule has 0 aromatic heterocycles. The van der Waals surface area contributed by atoms with Crippen LogP contribution in [-0.2, 0) is 27.2 Å². The van der Waals surface area contributed by atoms with E-state index in [0.29, 0.717) is 0 Å². The molecule has 0 amide bonds. The molecule has 22 heavy (non-hydrogen) atoms. The van der Waals surface area contributed by atoms with Gasteiger partial charge in [-0.2, -0.15) is 0 Å². The molecule has 0 saturated carbocycles. The van der Waals surface area contributed by atoms with E-state index in [-0.39, 0.29) is 11.1 Å². The highest BCUT2D eigenvalue weighted by molar-refractivity contribution is 7.48. The molecule has 0 spiro atoms. The maximum Gasteiger partial charge on any atom is 0.529 e. The Hall–Kier alpha value is -1.54. The van der Waals surface area contributed by atoms with E-state index in [1.54, 1.807) is 0 Å². The lowest BCUT2D eigenvalue weighted by atomic mass is 10.1. The Labute approximate surface area is 124 Å². The van der Waals surface area contributed by atoms with Gasteiger partial charge >= 0.3 is 27.6 Å². The highest BCUT2D eigenvalue weighted by atomic mass is 31.2. The largest absolute Gasteiger partial charge is 0.529 e. The molecule has 0 aliphatic carbocycles. The van der Waals surface area contributed by atoms with E-state index < -0.39 is 27.6 Å². The minimum absolute atomic E-state index is 0.272. The van der Waals surface area contributed by atoms with Crippen molar-refractivity contribution in [3.63, 3.8) is 0 Å². The van der Waals surface area contributed by atoms with Crippen LogP contribution in [0.2, 0.25) is 0 Å². The average Bonchev–Trinajstić information content (AvgIpc) is 2.46. The Morgan fingerprint density at radius 2 is 1.27 bits per heavy atom. The second-order valence-electron chi connectivity index (χ2n) is 3.64. The van der Waals surface area contributed by atoms with Gasteiger partial charge in [0, 0.05) is 14.2 Å². The van der Waals surface area contributed by atoms with Crippen molar-refractivity contribution in [3.05, 3.63) is 35.4 Å². The molecule has 0 aliphatic rings. The van der Waals surface area contributed by atoms with Gasteiger partial charge in [-0.3, -0.25) is 18.8 Å². The van der Waals surface area contributed by atoms with Crippen molar-refractivity contribution < 1.29 is 46.6 Å². The lowest BCUT2D eigenvalue weighted by Gasteiger charge is -2.10. The van der Waals surface area contributed by atoms with Crippen molar-refractivity contribution >= 4 is 27.6 Å². The number of hydrogen-bond donors (Lipinski definition) is 2. The van der Waals surface area contributed by atoms with Crippen LogP contribution in [0.15, 0.2) is 24.3 Å². The summed E-state index contributed by atoms with van der Waals surface area (Å²) >= 11 is 0. The molecule has 122 valence electrons. The van der Waals surface area contributed by atoms with E-state index in [1.807, 2.05) is 0 Å². The zero-order valence-corrected chi connectivity index (χ0v) is 13.2. The van der Waals surface area contributed by atoms with E-state index in [2.05, 4.69) is 18.1 Å². The summed E-state index contributed by atoms with van der Waals surface area (Å²) in [6.45, 7) is 0. The summed E-state index contributed by atoms with van der Waals surface area (Å²) in [4.78, 5) is 41.3. The highest BCUT2D eigenvalue weighted by Gasteiger charge is 2.27. The third kappa shape index (κ3) is 5.34. The Bertz CT molecular complexity index is 616. The van der Waals surface area contributed by atoms with Gasteiger partial charge in [-0.1, -0.05) is 6.07 Å². The number of phosphoric acid groups is 2. The number of carbonyl (C=O) groups is 2. The van der Waals surface area contributed by atoms with Crippen molar-refractivity contribution in [1.82, 2.24) is 0 Å². The van der Waals surface area contributed by atoms with Gasteiger partial charge in [-0.15, -0.1) is 0 Å². The summed E-state index contributed by atoms with van der Waals surface area (Å²) in [5, 5.41) is 0. The summed E-state index contributed by atoms with van der Waals surface area (Å²) in [5.41, 5.74) is -0.545. The molecule has 0 heterocycles. The van der Waals surface area contributed by atoms with E-state index in [1.165, 1.54) is 18.2 Å². The molecule has 1 aromatic rings. The minimum atomic E-state index is -4.54. The highest BCUT2D eigenvalue weighted by Crippen LogP contribution is 2.43. The van der Waals surface area contributed by atoms with Crippen LogP contribution in [0.25, 0.3) is 0 Å². The van der Waals surface area contributed by atoms with Crippen LogP contribution in [0.3, 0.4) is 0 Å². The molecule has 1 rings (SSSR count). The molecule has 0 saturated heterocycles. The number of phosphoric ester groups is 2. The lowest BCUT2D eigenvalue weighted by molar-refractivity contribution is 0.0656. The van der Waals surface area contributed by atoms with Crippen molar-refractivity contribution in [2.24, 2.45) is 0 Å². The molecule has 12 heteroatoms. The molecule has 2 N–H and O–H groups in total. The van der Waals surface area contributed by atoms with Crippen LogP contribution < -0.4 is 0 Å². The first-order chi connectivity index (χ1) is 10.1. The third-order valence-electron chi connectivity index (χ3n) is 2.19. The zero-order chi connectivity index (χ0) is 17.0. The van der Waals surface area contributed by atoms with Crippen LogP contribution in [0.5, 0.6) is 0 Å². The first-order valence-corrected chi connectivity index (χ1v) is 8.44. The maximum atomic E-state index is 11.6. The second kappa shape index (κ2) is 7.15. The fourth-order valence-corrected chi connectivity index (χ4v) is 1.94. The first-order valence-electron chi connectivity index (χ1n) is 5.45. The van der Waals surface area contributed by atoms with Crippen molar-refractivity contribution in [1.29, 1.82) is 0 Å². The summed E-state index contributed by atoms with van der Waals surface area (Å²) in [7, 11) is -7.35. The summed E-state index contributed by atoms with van der Waals surface area (Å²) in [6, 6.07) is 4.54. The monoisotopic (exact) mass is 354 g/mol. The smallest absolute Gasteiger partial charge is 0.367 e. The quantitative estimate of drug-likeness (QED) is 0.720. The molecule has 0 fully saturated rings. The van der Waals surface area contributed by atoms with Crippen molar-refractivity contribution in [2.45, 2.75) is 0 Å². The summed E-state index contributed by atoms with van der Waals surface area (Å²) in [5.74, 6) is -2.47. The summed E-state index contributed by atoms with van der Waals surface area (Å²) in [6.07, 6.45) is 0. The summed E-state index contributed by atoms with van der Waals surface area (Å²) < 4.78 is 38.8. The molecular formula is C10H12O10P2. The maximum absolute atomic E-state index is 11.6. The molecule has 2 unspecified atom stereocenters. The zero-order valence-electron chi connectivity index (χ0n) is 11.4. The average molecular weight is 354 g/mol. The molecule has 10 nitrogen and oxygen atoms in total. The van der Waals surface area contributed by atoms with Gasteiger partial charge < -0.3 is 9.05 Å². The van der Waals surface area contributed by atoms with Gasteiger partial charge in [-0.05, 0) is 18.2 Å². The minimum Gasteiger partial charge on any atom is -0.367 e. The fraction of sp³-hybridized carbons (Fsp3) is 0.200. The fourth-order valence-electron chi connectivity index (χ4n) is 1.16. The predicted molar refractivity (Wildman–Crippen MR) is 70.9 cm³/mol. The van der Waals surface area contributed by atoms with E-state index >= 15 is 0 Å². The van der Waals surface area contributed by atoms with Crippen LogP contribution >= 0.6 is 15.6 Å². The van der Waals surface area contributed by atoms with Gasteiger partial charge in [0.1, 0.15) is 0 Å². The number of benzene rings is 1. The second-order valence-corrected chi connectivity index (χ2v) is 6.61. The van der Waals surface area contributed by atoms with E-state index in [4.69, 9.17) is 9.79 Å². The SMILES string of the molecule is COP(=O)(O)OC(=O)c1cccc(C(=O)OP(=O)(O)OC)c1. The van der Waals surface area contributed by atoms with Crippen LogP contribution in [0.1, 0.15) is 20.7 Å². The number of rotatable bonds is 6. The topological polar surface area (TPSA) is 146 Å². The van der Waals surface area contributed by atoms with Crippen LogP contribution in [-0.4, -0.2) is 35.9 Å². The Morgan fingerprint density at radius 1 is 0.909 bits per heavy atom. The molecule has 0 bridgehead atoms. The lowest BCUT2D eigenvalue weighted by Crippen LogP contribution is -2.08. The first kappa shape index (κ1) is 18.5. The third-order valence-corrected chi connectivity index (χ3v) is 3.91. The van der Waals surface area contributed by atoms with Crippen LogP contribution in [0, 0.1) is 0 Å². The molecule has 2 atom stereocenters. The normalized spacial score (nSPS) is 16.2. The van der Waals surface area contributed by atoms with Crippen molar-refractivity contribution in [2.75, 3.05) is 14.2 Å². The standard InChI is InChI=1S/C10H12O10P2/c1-17-21(13,14)19-9(11)7-4-3-5-8(6-7)10(12)20-22(15,16)18-2/h3-6H,1-2H3,(H,13,14)(H,15,16). The molecular weight excluding hydrogens is 342 g/mol. The Kier molecular flexibility index (Phi) is 6.01. The number of carbonyl (C=O) groups excluding carboxylic acids is 2. The molecule has 0 radical (unpaired) electrons. The molecule has 0 aliphatic heterocycles. The van der Waals surface area contributed by atoms with Crippen LogP contribution in [0.4, 0.5) is 0 Å². The Morgan fingerprint density at radius 3 is 1.59 bits per heavy atom. The van der Waals surface area contributed by atoms with E-state index in [0.717, 1.165) is 20.3 Å².